The van der Waals surface area contributed by atoms with Crippen LogP contribution in [0.25, 0.3) is 0 Å². The fourth-order valence-corrected chi connectivity index (χ4v) is 3.62. The molecule has 0 aliphatic heterocycles. The Morgan fingerprint density at radius 2 is 1.73 bits per heavy atom. The number of halogens is 3. The Morgan fingerprint density at radius 3 is 2.30 bits per heavy atom. The highest BCUT2D eigenvalue weighted by Gasteiger charge is 2.31. The van der Waals surface area contributed by atoms with Crippen molar-refractivity contribution in [3.63, 3.8) is 0 Å². The summed E-state index contributed by atoms with van der Waals surface area (Å²) in [6, 6.07) is 9.68. The molecule has 0 radical (unpaired) electrons. The van der Waals surface area contributed by atoms with Crippen LogP contribution in [-0.4, -0.2) is 38.7 Å². The molecule has 0 spiro atoms. The minimum absolute atomic E-state index is 0.186. The fraction of sp³-hybridized carbons (Fsp3) is 0.263. The Hall–Kier alpha value is -2.92. The number of nitrogens with one attached hydrogen (secondary N) is 1. The molecule has 162 valence electrons. The van der Waals surface area contributed by atoms with Gasteiger partial charge in [0.1, 0.15) is 0 Å². The molecule has 3 N–H and O–H groups in total. The van der Waals surface area contributed by atoms with Crippen molar-refractivity contribution in [2.45, 2.75) is 24.0 Å². The first-order valence-electron chi connectivity index (χ1n) is 8.70. The van der Waals surface area contributed by atoms with Gasteiger partial charge in [0.25, 0.3) is 0 Å². The SMILES string of the molecule is CN(Cc1ccc(C(N)=O)cc1)C(=O)CCNS(=O)(=O)c1cccc(C(F)(F)F)c1. The number of rotatable bonds is 8. The maximum absolute atomic E-state index is 12.8. The average molecular weight is 443 g/mol. The lowest BCUT2D eigenvalue weighted by Gasteiger charge is -2.17. The lowest BCUT2D eigenvalue weighted by atomic mass is 10.1. The van der Waals surface area contributed by atoms with E-state index in [4.69, 9.17) is 5.73 Å². The van der Waals surface area contributed by atoms with E-state index in [2.05, 4.69) is 4.72 Å². The molecule has 0 saturated carbocycles. The smallest absolute Gasteiger partial charge is 0.366 e. The van der Waals surface area contributed by atoms with Crippen LogP contribution >= 0.6 is 0 Å². The number of sulfonamides is 1. The minimum Gasteiger partial charge on any atom is -0.366 e. The van der Waals surface area contributed by atoms with Crippen LogP contribution in [-0.2, 0) is 27.5 Å². The first-order valence-corrected chi connectivity index (χ1v) is 10.2. The second-order valence-corrected chi connectivity index (χ2v) is 8.25. The number of carbonyl (C=O) groups is 2. The maximum Gasteiger partial charge on any atom is 0.416 e. The van der Waals surface area contributed by atoms with Crippen LogP contribution in [0, 0.1) is 0 Å². The van der Waals surface area contributed by atoms with Crippen molar-refractivity contribution in [2.75, 3.05) is 13.6 Å². The van der Waals surface area contributed by atoms with Crippen LogP contribution in [0.1, 0.15) is 27.9 Å². The quantitative estimate of drug-likeness (QED) is 0.651. The summed E-state index contributed by atoms with van der Waals surface area (Å²) >= 11 is 0. The fourth-order valence-electron chi connectivity index (χ4n) is 2.54. The van der Waals surface area contributed by atoms with Gasteiger partial charge in [0, 0.05) is 32.1 Å². The van der Waals surface area contributed by atoms with E-state index in [1.165, 1.54) is 24.1 Å². The van der Waals surface area contributed by atoms with E-state index < -0.39 is 32.6 Å². The van der Waals surface area contributed by atoms with Gasteiger partial charge in [-0.25, -0.2) is 13.1 Å². The summed E-state index contributed by atoms with van der Waals surface area (Å²) < 4.78 is 64.8. The molecule has 0 heterocycles. The van der Waals surface area contributed by atoms with Crippen molar-refractivity contribution in [2.24, 2.45) is 5.73 Å². The summed E-state index contributed by atoms with van der Waals surface area (Å²) in [6.07, 6.45) is -4.85. The first kappa shape index (κ1) is 23.4. The van der Waals surface area contributed by atoms with Gasteiger partial charge in [-0.3, -0.25) is 9.59 Å². The molecule has 2 amide bonds. The van der Waals surface area contributed by atoms with Crippen LogP contribution in [0.4, 0.5) is 13.2 Å². The summed E-state index contributed by atoms with van der Waals surface area (Å²) in [6.45, 7) is -0.0549. The van der Waals surface area contributed by atoms with Gasteiger partial charge in [-0.2, -0.15) is 13.2 Å². The molecule has 2 rings (SSSR count). The zero-order valence-corrected chi connectivity index (χ0v) is 16.8. The number of amides is 2. The Morgan fingerprint density at radius 1 is 1.10 bits per heavy atom. The molecule has 2 aromatic rings. The Balaban J connectivity index is 1.92. The third kappa shape index (κ3) is 6.29. The Kier molecular flexibility index (Phi) is 7.21. The summed E-state index contributed by atoms with van der Waals surface area (Å²) in [5, 5.41) is 0. The predicted molar refractivity (Wildman–Crippen MR) is 103 cm³/mol. The highest BCUT2D eigenvalue weighted by molar-refractivity contribution is 7.89. The molecule has 11 heteroatoms. The standard InChI is InChI=1S/C19H20F3N3O4S/c1-25(12-13-5-7-14(8-6-13)18(23)27)17(26)9-10-24-30(28,29)16-4-2-3-15(11-16)19(20,21)22/h2-8,11,24H,9-10,12H2,1H3,(H2,23,27). The highest BCUT2D eigenvalue weighted by atomic mass is 32.2. The molecule has 0 saturated heterocycles. The molecule has 0 unspecified atom stereocenters. The van der Waals surface area contributed by atoms with Gasteiger partial charge in [0.05, 0.1) is 10.5 Å². The van der Waals surface area contributed by atoms with Gasteiger partial charge in [-0.05, 0) is 35.9 Å². The topological polar surface area (TPSA) is 110 Å². The van der Waals surface area contributed by atoms with Crippen molar-refractivity contribution < 1.29 is 31.2 Å². The molecule has 7 nitrogen and oxygen atoms in total. The third-order valence-corrected chi connectivity index (χ3v) is 5.65. The van der Waals surface area contributed by atoms with Crippen molar-refractivity contribution in [3.05, 3.63) is 65.2 Å². The normalized spacial score (nSPS) is 11.9. The first-order chi connectivity index (χ1) is 13.9. The van der Waals surface area contributed by atoms with E-state index in [9.17, 15) is 31.2 Å². The van der Waals surface area contributed by atoms with Crippen LogP contribution in [0.2, 0.25) is 0 Å². The van der Waals surface area contributed by atoms with Gasteiger partial charge in [0.2, 0.25) is 21.8 Å². The lowest BCUT2D eigenvalue weighted by molar-refractivity contribution is -0.137. The molecule has 0 aromatic heterocycles. The number of hydrogen-bond donors (Lipinski definition) is 2. The minimum atomic E-state index is -4.67. The van der Waals surface area contributed by atoms with Crippen molar-refractivity contribution in [1.29, 1.82) is 0 Å². The summed E-state index contributed by atoms with van der Waals surface area (Å²) in [7, 11) is -2.68. The number of alkyl halides is 3. The largest absolute Gasteiger partial charge is 0.416 e. The number of carbonyl (C=O) groups excluding carboxylic acids is 2. The number of benzene rings is 2. The summed E-state index contributed by atoms with van der Waals surface area (Å²) in [5.41, 5.74) is 5.15. The monoisotopic (exact) mass is 443 g/mol. The molecule has 0 bridgehead atoms. The van der Waals surface area contributed by atoms with Gasteiger partial charge >= 0.3 is 6.18 Å². The number of nitrogens with two attached hydrogens (primary N) is 1. The Bertz CT molecular complexity index is 1020. The van der Waals surface area contributed by atoms with Crippen molar-refractivity contribution in [3.8, 4) is 0 Å². The number of hydrogen-bond acceptors (Lipinski definition) is 4. The summed E-state index contributed by atoms with van der Waals surface area (Å²) in [4.78, 5) is 24.1. The van der Waals surface area contributed by atoms with Crippen LogP contribution in [0.5, 0.6) is 0 Å². The van der Waals surface area contributed by atoms with E-state index in [0.29, 0.717) is 11.6 Å². The molecule has 0 aliphatic carbocycles. The van der Waals surface area contributed by atoms with Gasteiger partial charge < -0.3 is 10.6 Å². The summed E-state index contributed by atoms with van der Waals surface area (Å²) in [5.74, 6) is -0.945. The zero-order valence-electron chi connectivity index (χ0n) is 15.9. The van der Waals surface area contributed by atoms with E-state index in [0.717, 1.165) is 23.8 Å². The van der Waals surface area contributed by atoms with E-state index >= 15 is 0 Å². The molecule has 30 heavy (non-hydrogen) atoms. The lowest BCUT2D eigenvalue weighted by Crippen LogP contribution is -2.32. The molecule has 0 aliphatic rings. The van der Waals surface area contributed by atoms with Crippen LogP contribution in [0.15, 0.2) is 53.4 Å². The highest BCUT2D eigenvalue weighted by Crippen LogP contribution is 2.30. The molecule has 2 aromatic carbocycles. The van der Waals surface area contributed by atoms with Crippen LogP contribution in [0.3, 0.4) is 0 Å². The second kappa shape index (κ2) is 9.26. The molecule has 0 fully saturated rings. The second-order valence-electron chi connectivity index (χ2n) is 6.48. The zero-order chi connectivity index (χ0) is 22.5. The maximum atomic E-state index is 12.8. The van der Waals surface area contributed by atoms with Gasteiger partial charge in [-0.15, -0.1) is 0 Å². The van der Waals surface area contributed by atoms with E-state index in [1.807, 2.05) is 0 Å². The third-order valence-electron chi connectivity index (χ3n) is 4.19. The van der Waals surface area contributed by atoms with Crippen molar-refractivity contribution >= 4 is 21.8 Å². The Labute approximate surface area is 171 Å². The van der Waals surface area contributed by atoms with Crippen molar-refractivity contribution in [1.82, 2.24) is 9.62 Å². The van der Waals surface area contributed by atoms with Gasteiger partial charge in [-0.1, -0.05) is 18.2 Å². The van der Waals surface area contributed by atoms with E-state index in [1.54, 1.807) is 12.1 Å². The van der Waals surface area contributed by atoms with Crippen LogP contribution < -0.4 is 10.5 Å². The van der Waals surface area contributed by atoms with E-state index in [-0.39, 0.29) is 25.4 Å². The molecular formula is C19H20F3N3O4S. The number of primary amides is 1. The van der Waals surface area contributed by atoms with Gasteiger partial charge in [0.15, 0.2) is 0 Å². The molecular weight excluding hydrogens is 423 g/mol. The molecule has 0 atom stereocenters. The average Bonchev–Trinajstić information content (AvgIpc) is 2.67. The number of nitrogens with zero attached hydrogens (tertiary/aromatic N) is 1. The predicted octanol–water partition coefficient (Wildman–Crippen LogP) is 2.13.